The summed E-state index contributed by atoms with van der Waals surface area (Å²) < 4.78 is 5.77. The van der Waals surface area contributed by atoms with Crippen molar-refractivity contribution >= 4 is 0 Å². The van der Waals surface area contributed by atoms with E-state index in [1.54, 1.807) is 11.1 Å². The molecule has 1 heteroatoms. The summed E-state index contributed by atoms with van der Waals surface area (Å²) in [6.45, 7) is 7.67. The summed E-state index contributed by atoms with van der Waals surface area (Å²) in [4.78, 5) is 0. The summed E-state index contributed by atoms with van der Waals surface area (Å²) in [6.07, 6.45) is 16.2. The van der Waals surface area contributed by atoms with Gasteiger partial charge >= 0.3 is 0 Å². The maximum Gasteiger partial charge on any atom is 0.0968 e. The van der Waals surface area contributed by atoms with Gasteiger partial charge in [-0.1, -0.05) is 30.2 Å². The molecule has 3 atom stereocenters. The second-order valence-electron chi connectivity index (χ2n) is 7.93. The Hall–Kier alpha value is -1.24. The van der Waals surface area contributed by atoms with Crippen LogP contribution in [0.25, 0.3) is 0 Å². The summed E-state index contributed by atoms with van der Waals surface area (Å²) in [5.74, 6) is 2.88. The standard InChI is InChI=1S/C22H30O/c1-4-16-7-11-21-20-9-6-15-14-17(23-5-2)8-10-18(15)19(20)12-13-22(16,21)3/h4,6,14,20-21H,5,7-13H2,1-3H3/b16-4+/t20?,21?,22-/m0/s1. The monoisotopic (exact) mass is 310 g/mol. The molecule has 2 saturated carbocycles. The first-order chi connectivity index (χ1) is 11.2. The normalized spacial score (nSPS) is 37.8. The van der Waals surface area contributed by atoms with E-state index in [0.717, 1.165) is 24.9 Å². The lowest BCUT2D eigenvalue weighted by Crippen LogP contribution is -2.37. The van der Waals surface area contributed by atoms with Crippen molar-refractivity contribution in [3.05, 3.63) is 46.3 Å². The molecule has 0 aromatic carbocycles. The quantitative estimate of drug-likeness (QED) is 0.560. The molecule has 124 valence electrons. The zero-order valence-electron chi connectivity index (χ0n) is 15.0. The van der Waals surface area contributed by atoms with Crippen LogP contribution in [0.5, 0.6) is 0 Å². The van der Waals surface area contributed by atoms with Crippen molar-refractivity contribution in [1.29, 1.82) is 0 Å². The van der Waals surface area contributed by atoms with E-state index in [1.165, 1.54) is 49.9 Å². The van der Waals surface area contributed by atoms with E-state index in [1.807, 2.05) is 5.57 Å². The van der Waals surface area contributed by atoms with Gasteiger partial charge in [0.2, 0.25) is 0 Å². The molecule has 0 aromatic rings. The molecule has 0 radical (unpaired) electrons. The van der Waals surface area contributed by atoms with Crippen molar-refractivity contribution in [3.63, 3.8) is 0 Å². The van der Waals surface area contributed by atoms with Gasteiger partial charge in [-0.2, -0.15) is 0 Å². The molecule has 2 fully saturated rings. The summed E-state index contributed by atoms with van der Waals surface area (Å²) in [7, 11) is 0. The highest BCUT2D eigenvalue weighted by molar-refractivity contribution is 5.51. The van der Waals surface area contributed by atoms with Gasteiger partial charge in [0.25, 0.3) is 0 Å². The van der Waals surface area contributed by atoms with E-state index in [9.17, 15) is 0 Å². The molecule has 0 N–H and O–H groups in total. The Morgan fingerprint density at radius 2 is 2.13 bits per heavy atom. The Morgan fingerprint density at radius 1 is 1.26 bits per heavy atom. The summed E-state index contributed by atoms with van der Waals surface area (Å²) >= 11 is 0. The van der Waals surface area contributed by atoms with Gasteiger partial charge in [-0.3, -0.25) is 0 Å². The Morgan fingerprint density at radius 3 is 2.91 bits per heavy atom. The van der Waals surface area contributed by atoms with Crippen molar-refractivity contribution in [1.82, 2.24) is 0 Å². The maximum atomic E-state index is 5.77. The fourth-order valence-electron chi connectivity index (χ4n) is 5.93. The van der Waals surface area contributed by atoms with E-state index < -0.39 is 0 Å². The third kappa shape index (κ3) is 2.27. The summed E-state index contributed by atoms with van der Waals surface area (Å²) in [6, 6.07) is 0. The zero-order valence-corrected chi connectivity index (χ0v) is 15.0. The number of rotatable bonds is 2. The lowest BCUT2D eigenvalue weighted by atomic mass is 9.58. The molecule has 1 nitrogen and oxygen atoms in total. The predicted molar refractivity (Wildman–Crippen MR) is 96.0 cm³/mol. The number of allylic oxidation sites excluding steroid dienone is 8. The van der Waals surface area contributed by atoms with Crippen LogP contribution in [0.3, 0.4) is 0 Å². The van der Waals surface area contributed by atoms with Gasteiger partial charge in [0, 0.05) is 6.42 Å². The average molecular weight is 310 g/mol. The van der Waals surface area contributed by atoms with Gasteiger partial charge < -0.3 is 4.74 Å². The lowest BCUT2D eigenvalue weighted by Gasteiger charge is -2.47. The van der Waals surface area contributed by atoms with Crippen LogP contribution in [0, 0.1) is 17.3 Å². The summed E-state index contributed by atoms with van der Waals surface area (Å²) in [5.41, 5.74) is 7.20. The van der Waals surface area contributed by atoms with Crippen molar-refractivity contribution in [3.8, 4) is 0 Å². The minimum atomic E-state index is 0.482. The van der Waals surface area contributed by atoms with Crippen molar-refractivity contribution < 1.29 is 4.74 Å². The van der Waals surface area contributed by atoms with Gasteiger partial charge in [-0.15, -0.1) is 0 Å². The Labute approximate surface area is 141 Å². The fourth-order valence-corrected chi connectivity index (χ4v) is 5.93. The van der Waals surface area contributed by atoms with E-state index >= 15 is 0 Å². The third-order valence-corrected chi connectivity index (χ3v) is 7.07. The highest BCUT2D eigenvalue weighted by Crippen LogP contribution is 2.61. The maximum absolute atomic E-state index is 5.77. The van der Waals surface area contributed by atoms with E-state index in [2.05, 4.69) is 39.0 Å². The first kappa shape index (κ1) is 15.3. The van der Waals surface area contributed by atoms with Crippen LogP contribution in [-0.4, -0.2) is 6.61 Å². The van der Waals surface area contributed by atoms with Crippen LogP contribution < -0.4 is 0 Å². The van der Waals surface area contributed by atoms with Crippen LogP contribution in [0.4, 0.5) is 0 Å². The second-order valence-corrected chi connectivity index (χ2v) is 7.93. The molecule has 23 heavy (non-hydrogen) atoms. The zero-order chi connectivity index (χ0) is 16.0. The Bertz CT molecular complexity index is 630. The molecule has 4 aliphatic carbocycles. The molecule has 0 saturated heterocycles. The molecule has 4 rings (SSSR count). The number of hydrogen-bond donors (Lipinski definition) is 0. The Kier molecular flexibility index (Phi) is 3.78. The highest BCUT2D eigenvalue weighted by Gasteiger charge is 2.50. The minimum absolute atomic E-state index is 0.482. The first-order valence-electron chi connectivity index (χ1n) is 9.59. The van der Waals surface area contributed by atoms with Crippen molar-refractivity contribution in [2.45, 2.75) is 65.7 Å². The van der Waals surface area contributed by atoms with Gasteiger partial charge in [0.15, 0.2) is 0 Å². The smallest absolute Gasteiger partial charge is 0.0968 e. The number of fused-ring (bicyclic) bond motifs is 4. The van der Waals surface area contributed by atoms with Crippen LogP contribution >= 0.6 is 0 Å². The molecule has 4 aliphatic rings. The molecular formula is C22H30O. The second kappa shape index (κ2) is 5.69. The van der Waals surface area contributed by atoms with Crippen LogP contribution in [0.2, 0.25) is 0 Å². The molecule has 0 heterocycles. The topological polar surface area (TPSA) is 9.23 Å². The SMILES string of the molecule is C/C=C1\CCC2C3CC=C4C=C(OCC)CCC4=C3CC[C@@]12C. The molecule has 0 aromatic heterocycles. The largest absolute Gasteiger partial charge is 0.498 e. The van der Waals surface area contributed by atoms with Gasteiger partial charge in [-0.25, -0.2) is 0 Å². The number of hydrogen-bond acceptors (Lipinski definition) is 1. The highest BCUT2D eigenvalue weighted by atomic mass is 16.5. The van der Waals surface area contributed by atoms with E-state index in [0.29, 0.717) is 5.41 Å². The van der Waals surface area contributed by atoms with Crippen molar-refractivity contribution in [2.75, 3.05) is 6.61 Å². The molecule has 0 aliphatic heterocycles. The molecule has 0 amide bonds. The van der Waals surface area contributed by atoms with Crippen molar-refractivity contribution in [2.24, 2.45) is 17.3 Å². The first-order valence-corrected chi connectivity index (χ1v) is 9.59. The van der Waals surface area contributed by atoms with E-state index in [4.69, 9.17) is 4.74 Å². The van der Waals surface area contributed by atoms with Crippen LogP contribution in [-0.2, 0) is 4.74 Å². The van der Waals surface area contributed by atoms with Crippen LogP contribution in [0.1, 0.15) is 65.7 Å². The minimum Gasteiger partial charge on any atom is -0.498 e. The molecule has 2 unspecified atom stereocenters. The molecule has 0 spiro atoms. The van der Waals surface area contributed by atoms with E-state index in [-0.39, 0.29) is 0 Å². The number of ether oxygens (including phenoxy) is 1. The average Bonchev–Trinajstić information content (AvgIpc) is 2.91. The summed E-state index contributed by atoms with van der Waals surface area (Å²) in [5, 5.41) is 0. The van der Waals surface area contributed by atoms with Crippen LogP contribution in [0.15, 0.2) is 46.3 Å². The van der Waals surface area contributed by atoms with Gasteiger partial charge in [0.1, 0.15) is 0 Å². The molecule has 0 bridgehead atoms. The third-order valence-electron chi connectivity index (χ3n) is 7.07. The molecular weight excluding hydrogens is 280 g/mol. The Balaban J connectivity index is 1.66. The predicted octanol–water partition coefficient (Wildman–Crippen LogP) is 6.10. The van der Waals surface area contributed by atoms with Gasteiger partial charge in [0.05, 0.1) is 12.4 Å². The van der Waals surface area contributed by atoms with Gasteiger partial charge in [-0.05, 0) is 86.8 Å². The fraction of sp³-hybridized carbons (Fsp3) is 0.636. The lowest BCUT2D eigenvalue weighted by molar-refractivity contribution is 0.156.